The van der Waals surface area contributed by atoms with Crippen LogP contribution >= 0.6 is 11.8 Å². The van der Waals surface area contributed by atoms with Crippen molar-refractivity contribution >= 4 is 16.9 Å². The van der Waals surface area contributed by atoms with Crippen molar-refractivity contribution in [3.05, 3.63) is 0 Å². The molecular formula is C14H26N2S. The van der Waals surface area contributed by atoms with Gasteiger partial charge in [-0.15, -0.1) is 0 Å². The first-order valence-electron chi connectivity index (χ1n) is 6.73. The minimum Gasteiger partial charge on any atom is -0.362 e. The first kappa shape index (κ1) is 13.3. The van der Waals surface area contributed by atoms with Gasteiger partial charge in [-0.1, -0.05) is 39.5 Å². The second-order valence-corrected chi connectivity index (χ2v) is 8.37. The summed E-state index contributed by atoms with van der Waals surface area (Å²) in [7, 11) is 0. The Kier molecular flexibility index (Phi) is 3.50. The highest BCUT2D eigenvalue weighted by Crippen LogP contribution is 2.46. The molecule has 2 nitrogen and oxygen atoms in total. The van der Waals surface area contributed by atoms with Crippen molar-refractivity contribution in [2.75, 3.05) is 5.75 Å². The first-order chi connectivity index (χ1) is 7.76. The zero-order valence-corrected chi connectivity index (χ0v) is 12.7. The van der Waals surface area contributed by atoms with Crippen LogP contribution in [0.15, 0.2) is 4.99 Å². The van der Waals surface area contributed by atoms with Gasteiger partial charge in [0.25, 0.3) is 0 Å². The predicted molar refractivity (Wildman–Crippen MR) is 77.7 cm³/mol. The molecule has 3 heteroatoms. The van der Waals surface area contributed by atoms with E-state index in [-0.39, 0.29) is 0 Å². The number of rotatable bonds is 1. The maximum atomic E-state index is 4.95. The Hall–Kier alpha value is -0.180. The number of hydrogen-bond acceptors (Lipinski definition) is 2. The molecule has 0 spiro atoms. The van der Waals surface area contributed by atoms with Crippen molar-refractivity contribution < 1.29 is 0 Å². The van der Waals surface area contributed by atoms with Crippen LogP contribution in [0.3, 0.4) is 0 Å². The van der Waals surface area contributed by atoms with E-state index in [0.29, 0.717) is 22.9 Å². The fourth-order valence-electron chi connectivity index (χ4n) is 3.62. The van der Waals surface area contributed by atoms with Gasteiger partial charge in [0.2, 0.25) is 0 Å². The van der Waals surface area contributed by atoms with Gasteiger partial charge >= 0.3 is 0 Å². The molecule has 0 aromatic heterocycles. The van der Waals surface area contributed by atoms with Gasteiger partial charge in [-0.2, -0.15) is 0 Å². The Balaban J connectivity index is 2.06. The molecule has 1 saturated heterocycles. The minimum atomic E-state index is 0.436. The van der Waals surface area contributed by atoms with Gasteiger partial charge in [-0.25, -0.2) is 0 Å². The average Bonchev–Trinajstić information content (AvgIpc) is 2.44. The van der Waals surface area contributed by atoms with Gasteiger partial charge in [0.05, 0.1) is 6.04 Å². The van der Waals surface area contributed by atoms with Gasteiger partial charge in [0.15, 0.2) is 5.17 Å². The molecule has 98 valence electrons. The zero-order chi connectivity index (χ0) is 12.7. The summed E-state index contributed by atoms with van der Waals surface area (Å²) in [6.07, 6.45) is 3.78. The zero-order valence-electron chi connectivity index (χ0n) is 11.8. The van der Waals surface area contributed by atoms with Crippen LogP contribution in [-0.2, 0) is 0 Å². The van der Waals surface area contributed by atoms with Crippen LogP contribution in [0.5, 0.6) is 0 Å². The van der Waals surface area contributed by atoms with Crippen molar-refractivity contribution in [2.24, 2.45) is 15.8 Å². The molecular weight excluding hydrogens is 228 g/mol. The first-order valence-corrected chi connectivity index (χ1v) is 7.72. The normalized spacial score (nSPS) is 34.9. The van der Waals surface area contributed by atoms with E-state index in [1.54, 1.807) is 0 Å². The average molecular weight is 254 g/mol. The third kappa shape index (κ3) is 3.64. The molecule has 1 unspecified atom stereocenters. The molecule has 1 heterocycles. The van der Waals surface area contributed by atoms with Crippen molar-refractivity contribution in [1.29, 1.82) is 0 Å². The summed E-state index contributed by atoms with van der Waals surface area (Å²) < 4.78 is 0. The highest BCUT2D eigenvalue weighted by atomic mass is 32.2. The maximum absolute atomic E-state index is 4.95. The van der Waals surface area contributed by atoms with Gasteiger partial charge < -0.3 is 5.32 Å². The van der Waals surface area contributed by atoms with Gasteiger partial charge in [0.1, 0.15) is 0 Å². The molecule has 1 atom stereocenters. The van der Waals surface area contributed by atoms with Gasteiger partial charge in [-0.05, 0) is 37.0 Å². The highest BCUT2D eigenvalue weighted by Gasteiger charge is 2.38. The molecule has 1 N–H and O–H groups in total. The van der Waals surface area contributed by atoms with Crippen LogP contribution in [0.1, 0.15) is 53.9 Å². The number of amidine groups is 1. The molecule has 1 aliphatic heterocycles. The monoisotopic (exact) mass is 254 g/mol. The molecule has 1 saturated carbocycles. The fourth-order valence-corrected chi connectivity index (χ4v) is 4.62. The van der Waals surface area contributed by atoms with Crippen LogP contribution in [0.4, 0.5) is 0 Å². The van der Waals surface area contributed by atoms with Crippen molar-refractivity contribution in [2.45, 2.75) is 66.0 Å². The maximum Gasteiger partial charge on any atom is 0.157 e. The Bertz CT molecular complexity index is 304. The molecule has 2 aliphatic rings. The summed E-state index contributed by atoms with van der Waals surface area (Å²) in [6.45, 7) is 11.8. The lowest BCUT2D eigenvalue weighted by Crippen LogP contribution is -2.36. The third-order valence-corrected chi connectivity index (χ3v) is 4.84. The van der Waals surface area contributed by atoms with Crippen LogP contribution < -0.4 is 5.32 Å². The van der Waals surface area contributed by atoms with Crippen molar-refractivity contribution in [3.63, 3.8) is 0 Å². The molecule has 0 aromatic carbocycles. The van der Waals surface area contributed by atoms with Gasteiger partial charge in [0, 0.05) is 11.8 Å². The molecule has 0 amide bonds. The van der Waals surface area contributed by atoms with Crippen LogP contribution in [0.25, 0.3) is 0 Å². The Morgan fingerprint density at radius 1 is 1.18 bits per heavy atom. The minimum absolute atomic E-state index is 0.436. The summed E-state index contributed by atoms with van der Waals surface area (Å²) in [5, 5.41) is 4.65. The van der Waals surface area contributed by atoms with Crippen molar-refractivity contribution in [1.82, 2.24) is 5.32 Å². The van der Waals surface area contributed by atoms with E-state index < -0.39 is 0 Å². The topological polar surface area (TPSA) is 24.4 Å². The fraction of sp³-hybridized carbons (Fsp3) is 0.929. The predicted octanol–water partition coefficient (Wildman–Crippen LogP) is 3.67. The van der Waals surface area contributed by atoms with Crippen molar-refractivity contribution in [3.8, 4) is 0 Å². The van der Waals surface area contributed by atoms with Crippen LogP contribution in [0, 0.1) is 10.8 Å². The molecule has 0 bridgehead atoms. The van der Waals surface area contributed by atoms with Crippen LogP contribution in [0.2, 0.25) is 0 Å². The lowest BCUT2D eigenvalue weighted by molar-refractivity contribution is 0.0997. The molecule has 0 radical (unpaired) electrons. The number of hydrogen-bond donors (Lipinski definition) is 1. The quantitative estimate of drug-likeness (QED) is 0.772. The number of nitrogens with zero attached hydrogens (tertiary/aromatic N) is 1. The Morgan fingerprint density at radius 2 is 1.76 bits per heavy atom. The lowest BCUT2D eigenvalue weighted by atomic mass is 9.64. The second-order valence-electron chi connectivity index (χ2n) is 7.36. The molecule has 2 rings (SSSR count). The Labute approximate surface area is 110 Å². The molecule has 1 aliphatic carbocycles. The standard InChI is InChI=1S/C14H26N2S/c1-10-8-17-12(15-10)16-11-6-13(2,3)9-14(4,5)7-11/h10-11H,6-9H2,1-5H3,(H,15,16). The third-order valence-electron chi connectivity index (χ3n) is 3.67. The van der Waals surface area contributed by atoms with E-state index in [2.05, 4.69) is 39.9 Å². The van der Waals surface area contributed by atoms with E-state index in [1.165, 1.54) is 30.2 Å². The second kappa shape index (κ2) is 4.49. The number of aliphatic imine (C=N–C) groups is 1. The SMILES string of the molecule is CC1CSC(=NC2CC(C)(C)CC(C)(C)C2)N1. The highest BCUT2D eigenvalue weighted by molar-refractivity contribution is 8.14. The number of thioether (sulfide) groups is 1. The summed E-state index contributed by atoms with van der Waals surface area (Å²) in [6, 6.07) is 1.09. The molecule has 17 heavy (non-hydrogen) atoms. The van der Waals surface area contributed by atoms with Crippen LogP contribution in [-0.4, -0.2) is 23.0 Å². The number of nitrogens with one attached hydrogen (secondary N) is 1. The van der Waals surface area contributed by atoms with Gasteiger partial charge in [-0.3, -0.25) is 4.99 Å². The summed E-state index contributed by atoms with van der Waals surface area (Å²) in [5.74, 6) is 1.17. The molecule has 2 fully saturated rings. The van der Waals surface area contributed by atoms with E-state index in [0.717, 1.165) is 0 Å². The smallest absolute Gasteiger partial charge is 0.157 e. The lowest BCUT2D eigenvalue weighted by Gasteiger charge is -2.43. The Morgan fingerprint density at radius 3 is 2.24 bits per heavy atom. The molecule has 0 aromatic rings. The van der Waals surface area contributed by atoms with E-state index >= 15 is 0 Å². The summed E-state index contributed by atoms with van der Waals surface area (Å²) in [5.41, 5.74) is 0.872. The largest absolute Gasteiger partial charge is 0.362 e. The van der Waals surface area contributed by atoms with E-state index in [9.17, 15) is 0 Å². The van der Waals surface area contributed by atoms with E-state index in [1.807, 2.05) is 11.8 Å². The summed E-state index contributed by atoms with van der Waals surface area (Å²) >= 11 is 1.88. The summed E-state index contributed by atoms with van der Waals surface area (Å²) in [4.78, 5) is 4.95. The van der Waals surface area contributed by atoms with E-state index in [4.69, 9.17) is 4.99 Å².